The molecule has 0 aliphatic carbocycles. The van der Waals surface area contributed by atoms with E-state index < -0.39 is 5.97 Å². The molecule has 2 rings (SSSR count). The summed E-state index contributed by atoms with van der Waals surface area (Å²) in [5.41, 5.74) is 2.71. The molecule has 0 unspecified atom stereocenters. The average molecular weight is 284 g/mol. The molecule has 0 fully saturated rings. The molecule has 4 heteroatoms. The van der Waals surface area contributed by atoms with Crippen molar-refractivity contribution >= 4 is 21.9 Å². The summed E-state index contributed by atoms with van der Waals surface area (Å²) in [6.45, 7) is 2.75. The molecule has 0 saturated heterocycles. The Kier molecular flexibility index (Phi) is 3.61. The van der Waals surface area contributed by atoms with Gasteiger partial charge in [-0.3, -0.25) is 9.69 Å². The molecule has 0 bridgehead atoms. The number of hydrogen-bond acceptors (Lipinski definition) is 2. The number of fused-ring (bicyclic) bond motifs is 1. The van der Waals surface area contributed by atoms with E-state index in [-0.39, 0.29) is 6.42 Å². The Hall–Kier alpha value is -0.870. The zero-order chi connectivity index (χ0) is 11.5. The van der Waals surface area contributed by atoms with Crippen LogP contribution in [-0.4, -0.2) is 22.5 Å². The van der Waals surface area contributed by atoms with Crippen LogP contribution in [0, 0.1) is 0 Å². The second kappa shape index (κ2) is 4.97. The standard InChI is InChI=1S/C12H14BrNO2/c13-11-4-3-9-7-14(8-10(9)6-11)5-1-2-12(15)16/h3-4,6H,1-2,5,7-8H2,(H,15,16). The Morgan fingerprint density at radius 1 is 1.38 bits per heavy atom. The summed E-state index contributed by atoms with van der Waals surface area (Å²) in [6.07, 6.45) is 0.987. The third-order valence-corrected chi connectivity index (χ3v) is 3.31. The van der Waals surface area contributed by atoms with Crippen LogP contribution in [0.15, 0.2) is 22.7 Å². The highest BCUT2D eigenvalue weighted by atomic mass is 79.9. The Labute approximate surface area is 103 Å². The first kappa shape index (κ1) is 11.6. The summed E-state index contributed by atoms with van der Waals surface area (Å²) in [4.78, 5) is 12.7. The van der Waals surface area contributed by atoms with Crippen molar-refractivity contribution in [2.75, 3.05) is 6.54 Å². The topological polar surface area (TPSA) is 40.5 Å². The van der Waals surface area contributed by atoms with Crippen LogP contribution in [0.1, 0.15) is 24.0 Å². The minimum Gasteiger partial charge on any atom is -0.481 e. The van der Waals surface area contributed by atoms with E-state index in [1.807, 2.05) is 0 Å². The Morgan fingerprint density at radius 3 is 2.88 bits per heavy atom. The van der Waals surface area contributed by atoms with E-state index in [1.54, 1.807) is 0 Å². The van der Waals surface area contributed by atoms with Crippen molar-refractivity contribution in [3.63, 3.8) is 0 Å². The SMILES string of the molecule is O=C(O)CCCN1Cc2ccc(Br)cc2C1. The zero-order valence-corrected chi connectivity index (χ0v) is 10.5. The molecule has 0 radical (unpaired) electrons. The molecule has 1 heterocycles. The zero-order valence-electron chi connectivity index (χ0n) is 8.95. The third-order valence-electron chi connectivity index (χ3n) is 2.82. The second-order valence-corrected chi connectivity index (χ2v) is 5.04. The molecule has 1 aliphatic heterocycles. The van der Waals surface area contributed by atoms with Gasteiger partial charge in [0.2, 0.25) is 0 Å². The Bertz CT molecular complexity index is 406. The fourth-order valence-corrected chi connectivity index (χ4v) is 2.45. The van der Waals surface area contributed by atoms with Gasteiger partial charge in [0.05, 0.1) is 0 Å². The van der Waals surface area contributed by atoms with Crippen LogP contribution in [0.5, 0.6) is 0 Å². The van der Waals surface area contributed by atoms with E-state index in [0.717, 1.165) is 30.5 Å². The van der Waals surface area contributed by atoms with E-state index in [0.29, 0.717) is 0 Å². The highest BCUT2D eigenvalue weighted by Crippen LogP contribution is 2.25. The largest absolute Gasteiger partial charge is 0.481 e. The summed E-state index contributed by atoms with van der Waals surface area (Å²) in [5, 5.41) is 8.57. The molecule has 1 aromatic rings. The van der Waals surface area contributed by atoms with Crippen LogP contribution >= 0.6 is 15.9 Å². The maximum absolute atomic E-state index is 10.4. The van der Waals surface area contributed by atoms with Crippen LogP contribution in [-0.2, 0) is 17.9 Å². The molecule has 1 aliphatic rings. The van der Waals surface area contributed by atoms with Crippen molar-refractivity contribution in [1.29, 1.82) is 0 Å². The van der Waals surface area contributed by atoms with Crippen LogP contribution in [0.25, 0.3) is 0 Å². The molecule has 3 nitrogen and oxygen atoms in total. The fraction of sp³-hybridized carbons (Fsp3) is 0.417. The van der Waals surface area contributed by atoms with Crippen molar-refractivity contribution in [3.05, 3.63) is 33.8 Å². The normalized spacial score (nSPS) is 15.1. The van der Waals surface area contributed by atoms with Gasteiger partial charge in [0.1, 0.15) is 0 Å². The van der Waals surface area contributed by atoms with Gasteiger partial charge in [-0.15, -0.1) is 0 Å². The number of carboxylic acid groups (broad SMARTS) is 1. The Morgan fingerprint density at radius 2 is 2.12 bits per heavy atom. The van der Waals surface area contributed by atoms with Crippen molar-refractivity contribution < 1.29 is 9.90 Å². The maximum Gasteiger partial charge on any atom is 0.303 e. The first-order chi connectivity index (χ1) is 7.65. The lowest BCUT2D eigenvalue weighted by atomic mass is 10.1. The van der Waals surface area contributed by atoms with Gasteiger partial charge >= 0.3 is 5.97 Å². The van der Waals surface area contributed by atoms with E-state index in [9.17, 15) is 4.79 Å². The molecule has 1 N–H and O–H groups in total. The van der Waals surface area contributed by atoms with Gasteiger partial charge in [-0.1, -0.05) is 22.0 Å². The van der Waals surface area contributed by atoms with Crippen molar-refractivity contribution in [3.8, 4) is 0 Å². The lowest BCUT2D eigenvalue weighted by Gasteiger charge is -2.13. The summed E-state index contributed by atoms with van der Waals surface area (Å²) in [7, 11) is 0. The predicted octanol–water partition coefficient (Wildman–Crippen LogP) is 2.63. The number of hydrogen-bond donors (Lipinski definition) is 1. The third kappa shape index (κ3) is 2.83. The molecule has 1 aromatic carbocycles. The Balaban J connectivity index is 1.88. The quantitative estimate of drug-likeness (QED) is 0.924. The molecule has 0 spiro atoms. The van der Waals surface area contributed by atoms with Gasteiger partial charge in [0, 0.05) is 24.0 Å². The van der Waals surface area contributed by atoms with Crippen molar-refractivity contribution in [2.45, 2.75) is 25.9 Å². The smallest absolute Gasteiger partial charge is 0.303 e. The fourth-order valence-electron chi connectivity index (χ4n) is 2.05. The van der Waals surface area contributed by atoms with Crippen LogP contribution < -0.4 is 0 Å². The molecule has 86 valence electrons. The summed E-state index contributed by atoms with van der Waals surface area (Å²) in [5.74, 6) is -0.709. The number of halogens is 1. The molecule has 0 amide bonds. The van der Waals surface area contributed by atoms with Crippen molar-refractivity contribution in [2.24, 2.45) is 0 Å². The summed E-state index contributed by atoms with van der Waals surface area (Å²) < 4.78 is 1.11. The van der Waals surface area contributed by atoms with Gasteiger partial charge in [0.25, 0.3) is 0 Å². The van der Waals surface area contributed by atoms with E-state index in [4.69, 9.17) is 5.11 Å². The summed E-state index contributed by atoms with van der Waals surface area (Å²) in [6, 6.07) is 6.34. The molecule has 0 atom stereocenters. The monoisotopic (exact) mass is 283 g/mol. The van der Waals surface area contributed by atoms with Crippen LogP contribution in [0.4, 0.5) is 0 Å². The highest BCUT2D eigenvalue weighted by Gasteiger charge is 2.18. The number of aliphatic carboxylic acids is 1. The number of carboxylic acids is 1. The number of nitrogens with zero attached hydrogens (tertiary/aromatic N) is 1. The maximum atomic E-state index is 10.4. The first-order valence-corrected chi connectivity index (χ1v) is 6.16. The summed E-state index contributed by atoms with van der Waals surface area (Å²) >= 11 is 3.46. The first-order valence-electron chi connectivity index (χ1n) is 5.36. The number of benzene rings is 1. The van der Waals surface area contributed by atoms with Gasteiger partial charge in [-0.2, -0.15) is 0 Å². The van der Waals surface area contributed by atoms with E-state index in [2.05, 4.69) is 39.0 Å². The molecular weight excluding hydrogens is 270 g/mol. The molecule has 0 aromatic heterocycles. The second-order valence-electron chi connectivity index (χ2n) is 4.12. The minimum absolute atomic E-state index is 0.260. The highest BCUT2D eigenvalue weighted by molar-refractivity contribution is 9.10. The average Bonchev–Trinajstić information content (AvgIpc) is 2.58. The minimum atomic E-state index is -0.709. The lowest BCUT2D eigenvalue weighted by molar-refractivity contribution is -0.137. The predicted molar refractivity (Wildman–Crippen MR) is 65.1 cm³/mol. The van der Waals surface area contributed by atoms with Crippen LogP contribution in [0.3, 0.4) is 0 Å². The van der Waals surface area contributed by atoms with Gasteiger partial charge in [-0.05, 0) is 36.2 Å². The lowest BCUT2D eigenvalue weighted by Crippen LogP contribution is -2.18. The molecular formula is C12H14BrNO2. The number of carbonyl (C=O) groups is 1. The van der Waals surface area contributed by atoms with Gasteiger partial charge in [-0.25, -0.2) is 0 Å². The van der Waals surface area contributed by atoms with Crippen molar-refractivity contribution in [1.82, 2.24) is 4.90 Å². The molecule has 0 saturated carbocycles. The number of rotatable bonds is 4. The van der Waals surface area contributed by atoms with E-state index in [1.165, 1.54) is 11.1 Å². The van der Waals surface area contributed by atoms with Gasteiger partial charge in [0.15, 0.2) is 0 Å². The molecule has 16 heavy (non-hydrogen) atoms. The van der Waals surface area contributed by atoms with E-state index >= 15 is 0 Å². The van der Waals surface area contributed by atoms with Crippen LogP contribution in [0.2, 0.25) is 0 Å². The van der Waals surface area contributed by atoms with Gasteiger partial charge < -0.3 is 5.11 Å².